The summed E-state index contributed by atoms with van der Waals surface area (Å²) in [6, 6.07) is 26.7. The summed E-state index contributed by atoms with van der Waals surface area (Å²) in [6.45, 7) is 4.59. The third-order valence-corrected chi connectivity index (χ3v) is 8.39. The van der Waals surface area contributed by atoms with E-state index in [0.29, 0.717) is 6.54 Å². The van der Waals surface area contributed by atoms with E-state index in [-0.39, 0.29) is 29.1 Å². The molecule has 3 aromatic carbocycles. The van der Waals surface area contributed by atoms with Gasteiger partial charge in [0.15, 0.2) is 0 Å². The summed E-state index contributed by atoms with van der Waals surface area (Å²) in [5.74, 6) is 0.0504. The van der Waals surface area contributed by atoms with Crippen LogP contribution in [0.5, 0.6) is 0 Å². The van der Waals surface area contributed by atoms with Gasteiger partial charge in [0, 0.05) is 40.2 Å². The highest BCUT2D eigenvalue weighted by atomic mass is 19.1. The Kier molecular flexibility index (Phi) is 7.35. The molecular weight excluding hydrogens is 477 g/mol. The maximum atomic E-state index is 13.9. The van der Waals surface area contributed by atoms with Crippen LogP contribution in [-0.4, -0.2) is 48.3 Å². The zero-order valence-corrected chi connectivity index (χ0v) is 22.2. The van der Waals surface area contributed by atoms with Crippen molar-refractivity contribution in [2.24, 2.45) is 5.92 Å². The van der Waals surface area contributed by atoms with Crippen molar-refractivity contribution < 1.29 is 14.0 Å². The molecule has 1 N–H and O–H groups in total. The van der Waals surface area contributed by atoms with Gasteiger partial charge in [-0.15, -0.1) is 0 Å². The highest BCUT2D eigenvalue weighted by Gasteiger charge is 2.62. The summed E-state index contributed by atoms with van der Waals surface area (Å²) in [5, 5.41) is 3.25. The van der Waals surface area contributed by atoms with Gasteiger partial charge in [-0.05, 0) is 54.0 Å². The number of benzene rings is 3. The SMILES string of the molecule is CC(=O)NC1(c2ccccc2)CCN(CC2CC2(C(=O)N(C)Cc2ccc(F)cc2)c2ccccc2)CC1. The predicted molar refractivity (Wildman–Crippen MR) is 147 cm³/mol. The third-order valence-electron chi connectivity index (χ3n) is 8.39. The average molecular weight is 514 g/mol. The van der Waals surface area contributed by atoms with Crippen molar-refractivity contribution in [3.63, 3.8) is 0 Å². The van der Waals surface area contributed by atoms with Crippen molar-refractivity contribution in [3.05, 3.63) is 107 Å². The summed E-state index contributed by atoms with van der Waals surface area (Å²) in [6.07, 6.45) is 2.48. The molecule has 0 spiro atoms. The number of amides is 2. The van der Waals surface area contributed by atoms with Gasteiger partial charge in [0.1, 0.15) is 5.82 Å². The fraction of sp³-hybridized carbons (Fsp3) is 0.375. The zero-order chi connectivity index (χ0) is 26.8. The summed E-state index contributed by atoms with van der Waals surface area (Å²) >= 11 is 0. The van der Waals surface area contributed by atoms with Crippen LogP contribution in [0, 0.1) is 11.7 Å². The van der Waals surface area contributed by atoms with Gasteiger partial charge in [-0.1, -0.05) is 72.8 Å². The van der Waals surface area contributed by atoms with Crippen LogP contribution in [0.3, 0.4) is 0 Å². The van der Waals surface area contributed by atoms with Crippen molar-refractivity contribution >= 4 is 11.8 Å². The molecule has 2 fully saturated rings. The van der Waals surface area contributed by atoms with E-state index in [9.17, 15) is 14.0 Å². The molecule has 2 unspecified atom stereocenters. The normalized spacial score (nSPS) is 22.4. The number of nitrogens with zero attached hydrogens (tertiary/aromatic N) is 2. The van der Waals surface area contributed by atoms with Crippen molar-refractivity contribution in [2.45, 2.75) is 43.7 Å². The van der Waals surface area contributed by atoms with E-state index in [4.69, 9.17) is 0 Å². The van der Waals surface area contributed by atoms with Crippen LogP contribution in [-0.2, 0) is 27.1 Å². The Bertz CT molecular complexity index is 1260. The lowest BCUT2D eigenvalue weighted by atomic mass is 9.80. The van der Waals surface area contributed by atoms with Gasteiger partial charge in [-0.3, -0.25) is 9.59 Å². The van der Waals surface area contributed by atoms with Crippen LogP contribution in [0.2, 0.25) is 0 Å². The monoisotopic (exact) mass is 513 g/mol. The maximum Gasteiger partial charge on any atom is 0.233 e. The Balaban J connectivity index is 1.30. The number of hydrogen-bond acceptors (Lipinski definition) is 3. The molecule has 1 saturated carbocycles. The molecule has 1 aliphatic heterocycles. The van der Waals surface area contributed by atoms with Crippen LogP contribution in [0.4, 0.5) is 4.39 Å². The van der Waals surface area contributed by atoms with Gasteiger partial charge in [-0.2, -0.15) is 0 Å². The molecule has 0 aromatic heterocycles. The van der Waals surface area contributed by atoms with Gasteiger partial charge in [0.05, 0.1) is 11.0 Å². The first-order chi connectivity index (χ1) is 18.3. The second-order valence-corrected chi connectivity index (χ2v) is 11.0. The van der Waals surface area contributed by atoms with E-state index in [1.54, 1.807) is 24.0 Å². The Morgan fingerprint density at radius 3 is 2.08 bits per heavy atom. The molecule has 198 valence electrons. The second kappa shape index (κ2) is 10.7. The summed E-state index contributed by atoms with van der Waals surface area (Å²) in [7, 11) is 1.84. The fourth-order valence-electron chi connectivity index (χ4n) is 6.31. The molecule has 2 aliphatic rings. The number of carbonyl (C=O) groups excluding carboxylic acids is 2. The minimum absolute atomic E-state index is 0.0117. The lowest BCUT2D eigenvalue weighted by Crippen LogP contribution is -2.53. The molecular formula is C32H36FN3O2. The molecule has 1 saturated heterocycles. The van der Waals surface area contributed by atoms with E-state index in [2.05, 4.69) is 34.5 Å². The third kappa shape index (κ3) is 5.23. The molecule has 5 rings (SSSR count). The van der Waals surface area contributed by atoms with Crippen molar-refractivity contribution in [3.8, 4) is 0 Å². The van der Waals surface area contributed by atoms with Gasteiger partial charge in [0.2, 0.25) is 11.8 Å². The van der Waals surface area contributed by atoms with Crippen molar-refractivity contribution in [1.82, 2.24) is 15.1 Å². The molecule has 2 atom stereocenters. The van der Waals surface area contributed by atoms with Gasteiger partial charge < -0.3 is 15.1 Å². The Hall–Kier alpha value is -3.51. The molecule has 1 aliphatic carbocycles. The lowest BCUT2D eigenvalue weighted by Gasteiger charge is -2.43. The molecule has 0 bridgehead atoms. The fourth-order valence-corrected chi connectivity index (χ4v) is 6.31. The molecule has 2 amide bonds. The first-order valence-electron chi connectivity index (χ1n) is 13.4. The number of hydrogen-bond donors (Lipinski definition) is 1. The van der Waals surface area contributed by atoms with Crippen LogP contribution in [0.15, 0.2) is 84.9 Å². The number of halogens is 1. The number of piperidine rings is 1. The summed E-state index contributed by atoms with van der Waals surface area (Å²) in [4.78, 5) is 30.3. The molecule has 1 heterocycles. The first kappa shape index (κ1) is 26.1. The standard InChI is InChI=1S/C32H36FN3O2/c1-24(37)34-31(26-9-5-3-6-10-26)17-19-36(20-18-31)23-28-21-32(28,27-11-7-4-8-12-27)30(38)35(2)22-25-13-15-29(33)16-14-25/h3-16,28H,17-23H2,1-2H3,(H,34,37). The van der Waals surface area contributed by atoms with Crippen molar-refractivity contribution in [1.29, 1.82) is 0 Å². The van der Waals surface area contributed by atoms with Gasteiger partial charge in [0.25, 0.3) is 0 Å². The van der Waals surface area contributed by atoms with E-state index < -0.39 is 5.41 Å². The maximum absolute atomic E-state index is 13.9. The number of likely N-dealkylation sites (N-methyl/N-ethyl adjacent to an activating group) is 1. The Morgan fingerprint density at radius 2 is 1.50 bits per heavy atom. The highest BCUT2D eigenvalue weighted by Crippen LogP contribution is 2.56. The van der Waals surface area contributed by atoms with Gasteiger partial charge >= 0.3 is 0 Å². The lowest BCUT2D eigenvalue weighted by molar-refractivity contribution is -0.133. The Labute approximate surface area is 224 Å². The van der Waals surface area contributed by atoms with E-state index in [0.717, 1.165) is 55.6 Å². The van der Waals surface area contributed by atoms with Crippen LogP contribution < -0.4 is 5.32 Å². The second-order valence-electron chi connectivity index (χ2n) is 11.0. The minimum atomic E-state index is -0.540. The molecule has 5 nitrogen and oxygen atoms in total. The quantitative estimate of drug-likeness (QED) is 0.468. The smallest absolute Gasteiger partial charge is 0.233 e. The highest BCUT2D eigenvalue weighted by molar-refractivity contribution is 5.92. The largest absolute Gasteiger partial charge is 0.347 e. The van der Waals surface area contributed by atoms with E-state index in [1.165, 1.54) is 12.1 Å². The summed E-state index contributed by atoms with van der Waals surface area (Å²) in [5.41, 5.74) is 2.23. The van der Waals surface area contributed by atoms with E-state index in [1.807, 2.05) is 43.4 Å². The molecule has 3 aromatic rings. The number of likely N-dealkylation sites (tertiary alicyclic amines) is 1. The molecule has 38 heavy (non-hydrogen) atoms. The van der Waals surface area contributed by atoms with Crippen molar-refractivity contribution in [2.75, 3.05) is 26.7 Å². The van der Waals surface area contributed by atoms with Crippen LogP contribution in [0.25, 0.3) is 0 Å². The average Bonchev–Trinajstić information content (AvgIpc) is 3.66. The minimum Gasteiger partial charge on any atom is -0.347 e. The van der Waals surface area contributed by atoms with Crippen LogP contribution >= 0.6 is 0 Å². The zero-order valence-electron chi connectivity index (χ0n) is 22.2. The van der Waals surface area contributed by atoms with Gasteiger partial charge in [-0.25, -0.2) is 4.39 Å². The first-order valence-corrected chi connectivity index (χ1v) is 13.4. The van der Waals surface area contributed by atoms with Crippen LogP contribution in [0.1, 0.15) is 42.9 Å². The summed E-state index contributed by atoms with van der Waals surface area (Å²) < 4.78 is 13.4. The molecule has 0 radical (unpaired) electrons. The molecule has 6 heteroatoms. The number of carbonyl (C=O) groups is 2. The number of rotatable bonds is 8. The predicted octanol–water partition coefficient (Wildman–Crippen LogP) is 4.87. The van der Waals surface area contributed by atoms with E-state index >= 15 is 0 Å². The Morgan fingerprint density at radius 1 is 0.921 bits per heavy atom. The topological polar surface area (TPSA) is 52.7 Å². The number of nitrogens with one attached hydrogen (secondary N) is 1.